The molecule has 0 fully saturated rings. The number of nitro groups is 1. The summed E-state index contributed by atoms with van der Waals surface area (Å²) < 4.78 is 12.4. The number of hydrogen-bond donors (Lipinski definition) is 0. The molecule has 60 valence electrons. The first-order valence-electron chi connectivity index (χ1n) is 2.50. The summed E-state index contributed by atoms with van der Waals surface area (Å²) in [5, 5.41) is 10.1. The maximum Gasteiger partial charge on any atom is 0.305 e. The second kappa shape index (κ2) is 4.02. The van der Waals surface area contributed by atoms with Gasteiger partial charge in [0.05, 0.1) is 4.92 Å². The summed E-state index contributed by atoms with van der Waals surface area (Å²) in [6.07, 6.45) is 0.947. The molecule has 0 N–H and O–H groups in total. The van der Waals surface area contributed by atoms with Gasteiger partial charge in [-0.15, -0.1) is 0 Å². The molecule has 0 rings (SSSR count). The Morgan fingerprint density at radius 3 is 2.18 bits per heavy atom. The molecule has 3 nitrogen and oxygen atoms in total. The lowest BCUT2D eigenvalue weighted by Crippen LogP contribution is -1.98. The molecule has 0 spiro atoms. The zero-order valence-corrected chi connectivity index (χ0v) is 7.10. The van der Waals surface area contributed by atoms with E-state index in [0.29, 0.717) is 0 Å². The van der Waals surface area contributed by atoms with Crippen LogP contribution < -0.4 is 0 Å². The van der Waals surface area contributed by atoms with Gasteiger partial charge in [-0.3, -0.25) is 10.1 Å². The molecule has 0 unspecified atom stereocenters. The van der Waals surface area contributed by atoms with Crippen molar-refractivity contribution in [1.29, 1.82) is 0 Å². The maximum atomic E-state index is 12.2. The van der Waals surface area contributed by atoms with Crippen LogP contribution in [0.4, 0.5) is 4.39 Å². The van der Waals surface area contributed by atoms with Gasteiger partial charge in [-0.1, -0.05) is 29.1 Å². The largest absolute Gasteiger partial charge is 0.305 e. The monoisotopic (exact) mass is 221 g/mol. The Labute approximate surface area is 71.2 Å². The van der Waals surface area contributed by atoms with Crippen LogP contribution in [0.1, 0.15) is 0 Å². The summed E-state index contributed by atoms with van der Waals surface area (Å²) >= 11 is 2.83. The van der Waals surface area contributed by atoms with Crippen molar-refractivity contribution in [2.75, 3.05) is 0 Å². The van der Waals surface area contributed by atoms with Crippen molar-refractivity contribution in [1.82, 2.24) is 0 Å². The molecule has 0 aliphatic rings. The van der Waals surface area contributed by atoms with Crippen LogP contribution in [-0.2, 0) is 0 Å². The quantitative estimate of drug-likeness (QED) is 0.418. The van der Waals surface area contributed by atoms with Crippen molar-refractivity contribution < 1.29 is 9.31 Å². The van der Waals surface area contributed by atoms with Crippen molar-refractivity contribution in [3.63, 3.8) is 0 Å². The average molecular weight is 222 g/mol. The van der Waals surface area contributed by atoms with Crippen LogP contribution in [0.3, 0.4) is 0 Å². The van der Waals surface area contributed by atoms with Crippen molar-refractivity contribution in [3.8, 4) is 0 Å². The van der Waals surface area contributed by atoms with E-state index in [1.165, 1.54) is 0 Å². The van der Waals surface area contributed by atoms with E-state index in [1.807, 2.05) is 0 Å². The molecule has 0 saturated heterocycles. The van der Waals surface area contributed by atoms with E-state index in [0.717, 1.165) is 6.08 Å². The number of halogens is 2. The number of nitrogens with zero attached hydrogens (tertiary/aromatic N) is 1. The van der Waals surface area contributed by atoms with Crippen molar-refractivity contribution in [2.45, 2.75) is 0 Å². The first kappa shape index (κ1) is 10.0. The topological polar surface area (TPSA) is 43.1 Å². The highest BCUT2D eigenvalue weighted by molar-refractivity contribution is 9.11. The molecular weight excluding hydrogens is 217 g/mol. The maximum absolute atomic E-state index is 12.2. The lowest BCUT2D eigenvalue weighted by Gasteiger charge is -1.91. The van der Waals surface area contributed by atoms with Gasteiger partial charge in [-0.2, -0.15) is 0 Å². The van der Waals surface area contributed by atoms with Crippen LogP contribution in [0, 0.1) is 10.1 Å². The highest BCUT2D eigenvalue weighted by atomic mass is 79.9. The van der Waals surface area contributed by atoms with Gasteiger partial charge in [0.25, 0.3) is 0 Å². The summed E-state index contributed by atoms with van der Waals surface area (Å²) in [5.74, 6) is -1.09. The Kier molecular flexibility index (Phi) is 3.67. The van der Waals surface area contributed by atoms with Gasteiger partial charge in [0.15, 0.2) is 5.83 Å². The summed E-state index contributed by atoms with van der Waals surface area (Å²) in [4.78, 5) is 9.18. The minimum Gasteiger partial charge on any atom is -0.258 e. The molecule has 0 saturated carbocycles. The fraction of sp³-hybridized carbons (Fsp3) is 0. The zero-order chi connectivity index (χ0) is 9.02. The zero-order valence-electron chi connectivity index (χ0n) is 5.51. The van der Waals surface area contributed by atoms with E-state index in [2.05, 4.69) is 29.1 Å². The van der Waals surface area contributed by atoms with Crippen LogP contribution in [0.15, 0.2) is 35.2 Å². The van der Waals surface area contributed by atoms with Crippen molar-refractivity contribution in [3.05, 3.63) is 45.4 Å². The molecule has 0 aromatic rings. The number of rotatable bonds is 3. The van der Waals surface area contributed by atoms with E-state index in [4.69, 9.17) is 0 Å². The Balaban J connectivity index is 4.75. The predicted octanol–water partition coefficient (Wildman–Crippen LogP) is 2.54. The molecule has 0 aromatic carbocycles. The highest BCUT2D eigenvalue weighted by Crippen LogP contribution is 2.14. The highest BCUT2D eigenvalue weighted by Gasteiger charge is 2.14. The normalized spacial score (nSPS) is 10.9. The van der Waals surface area contributed by atoms with E-state index in [9.17, 15) is 14.5 Å². The van der Waals surface area contributed by atoms with E-state index < -0.39 is 16.4 Å². The van der Waals surface area contributed by atoms with Crippen molar-refractivity contribution >= 4 is 15.9 Å². The average Bonchev–Trinajstić information content (AvgIpc) is 1.81. The molecule has 5 heteroatoms. The lowest BCUT2D eigenvalue weighted by molar-refractivity contribution is -0.422. The first-order chi connectivity index (χ1) is 4.95. The fourth-order valence-electron chi connectivity index (χ4n) is 0.378. The summed E-state index contributed by atoms with van der Waals surface area (Å²) in [5.41, 5.74) is -0.688. The Morgan fingerprint density at radius 1 is 1.64 bits per heavy atom. The predicted molar refractivity (Wildman–Crippen MR) is 43.4 cm³/mol. The first-order valence-corrected chi connectivity index (χ1v) is 3.29. The van der Waals surface area contributed by atoms with Crippen LogP contribution in [0.5, 0.6) is 0 Å². The molecule has 0 bridgehead atoms. The minimum atomic E-state index is -1.09. The molecule has 0 heterocycles. The minimum absolute atomic E-state index is 0.225. The van der Waals surface area contributed by atoms with Gasteiger partial charge < -0.3 is 0 Å². The number of allylic oxidation sites excluding steroid dienone is 3. The van der Waals surface area contributed by atoms with E-state index in [-0.39, 0.29) is 4.48 Å². The molecule has 0 amide bonds. The molecular formula is C6H5BrFNO2. The molecule has 11 heavy (non-hydrogen) atoms. The van der Waals surface area contributed by atoms with Gasteiger partial charge in [0, 0.05) is 10.6 Å². The van der Waals surface area contributed by atoms with Gasteiger partial charge >= 0.3 is 5.70 Å². The molecule has 0 aliphatic heterocycles. The third kappa shape index (κ3) is 3.67. The van der Waals surface area contributed by atoms with Crippen LogP contribution >= 0.6 is 15.9 Å². The number of hydrogen-bond acceptors (Lipinski definition) is 2. The Morgan fingerprint density at radius 2 is 2.09 bits per heavy atom. The smallest absolute Gasteiger partial charge is 0.258 e. The molecule has 0 atom stereocenters. The summed E-state index contributed by atoms with van der Waals surface area (Å²) in [6.45, 7) is 6.08. The molecule has 0 aromatic heterocycles. The fourth-order valence-corrected chi connectivity index (χ4v) is 0.595. The van der Waals surface area contributed by atoms with Gasteiger partial charge in [-0.25, -0.2) is 4.39 Å². The van der Waals surface area contributed by atoms with Crippen molar-refractivity contribution in [2.24, 2.45) is 0 Å². The third-order valence-electron chi connectivity index (χ3n) is 0.768. The van der Waals surface area contributed by atoms with E-state index in [1.54, 1.807) is 0 Å². The van der Waals surface area contributed by atoms with Crippen LogP contribution in [-0.4, -0.2) is 4.92 Å². The van der Waals surface area contributed by atoms with Gasteiger partial charge in [-0.05, 0) is 0 Å². The van der Waals surface area contributed by atoms with Crippen LogP contribution in [0.2, 0.25) is 0 Å². The second-order valence-corrected chi connectivity index (χ2v) is 2.66. The second-order valence-electron chi connectivity index (χ2n) is 1.64. The van der Waals surface area contributed by atoms with E-state index >= 15 is 0 Å². The summed E-state index contributed by atoms with van der Waals surface area (Å²) in [7, 11) is 0. The van der Waals surface area contributed by atoms with Gasteiger partial charge in [0.2, 0.25) is 0 Å². The SMILES string of the molecule is C=C(Br)/C=C(\C(=C)F)[N+](=O)[O-]. The molecule has 0 radical (unpaired) electrons. The summed E-state index contributed by atoms with van der Waals surface area (Å²) in [6, 6.07) is 0. The molecule has 0 aliphatic carbocycles. The third-order valence-corrected chi connectivity index (χ3v) is 0.997. The Bertz CT molecular complexity index is 231. The van der Waals surface area contributed by atoms with Crippen LogP contribution in [0.25, 0.3) is 0 Å². The lowest BCUT2D eigenvalue weighted by atomic mass is 10.4. The standard InChI is InChI=1S/C6H5BrFNO2/c1-4(7)3-6(5(2)8)9(10)11/h3H,1-2H2/b6-3+. The Hall–Kier alpha value is -0.970. The van der Waals surface area contributed by atoms with Gasteiger partial charge in [0.1, 0.15) is 0 Å².